The van der Waals surface area contributed by atoms with Crippen molar-refractivity contribution in [3.05, 3.63) is 168 Å². The van der Waals surface area contributed by atoms with Crippen molar-refractivity contribution in [2.75, 3.05) is 0 Å². The van der Waals surface area contributed by atoms with Crippen molar-refractivity contribution >= 4 is 21.9 Å². The maximum absolute atomic E-state index is 9.29. The Balaban J connectivity index is 0.000000288. The summed E-state index contributed by atoms with van der Waals surface area (Å²) >= 11 is 0. The molecule has 5 aromatic carbocycles. The van der Waals surface area contributed by atoms with E-state index in [-0.39, 0.29) is 47.8 Å². The zero-order chi connectivity index (χ0) is 48.2. The van der Waals surface area contributed by atoms with Crippen LogP contribution in [0.4, 0.5) is 0 Å². The first-order chi connectivity index (χ1) is 31.5. The van der Waals surface area contributed by atoms with Crippen LogP contribution in [0.2, 0.25) is 0 Å². The van der Waals surface area contributed by atoms with E-state index in [1.54, 1.807) is 36.5 Å². The second kappa shape index (κ2) is 17.6. The number of aryl methyl sites for hydroxylation is 2. The summed E-state index contributed by atoms with van der Waals surface area (Å²) in [4.78, 5) is 8.93. The number of furan rings is 1. The van der Waals surface area contributed by atoms with Gasteiger partial charge in [0.25, 0.3) is 0 Å². The Kier molecular flexibility index (Phi) is 9.46. The number of aromatic nitrogens is 2. The number of nitrogens with zero attached hydrogens (tertiary/aromatic N) is 2. The number of rotatable bonds is 6. The van der Waals surface area contributed by atoms with Crippen molar-refractivity contribution in [2.45, 2.75) is 86.3 Å². The summed E-state index contributed by atoms with van der Waals surface area (Å²) in [6, 6.07) is 44.3. The summed E-state index contributed by atoms with van der Waals surface area (Å²) in [6.45, 7) is 4.98. The molecule has 0 N–H and O–H groups in total. The molecule has 0 aliphatic heterocycles. The molecule has 3 nitrogen and oxygen atoms in total. The maximum Gasteiger partial charge on any atom is 0.120 e. The Hall–Kier alpha value is -5.15. The van der Waals surface area contributed by atoms with Gasteiger partial charge in [0.1, 0.15) is 5.58 Å². The number of hydrogen-bond donors (Lipinski definition) is 0. The average molecular weight is 960 g/mol. The Morgan fingerprint density at radius 3 is 2.24 bits per heavy atom. The second-order valence-corrected chi connectivity index (χ2v) is 17.0. The topological polar surface area (TPSA) is 38.9 Å². The largest absolute Gasteiger partial charge is 0.501 e. The van der Waals surface area contributed by atoms with Crippen molar-refractivity contribution in [3.8, 4) is 44.8 Å². The van der Waals surface area contributed by atoms with Crippen LogP contribution in [0.25, 0.3) is 66.7 Å². The molecule has 8 aromatic rings. The van der Waals surface area contributed by atoms with Gasteiger partial charge in [0.15, 0.2) is 0 Å². The van der Waals surface area contributed by atoms with Gasteiger partial charge in [-0.25, -0.2) is 0 Å². The van der Waals surface area contributed by atoms with E-state index in [0.29, 0.717) is 46.4 Å². The molecule has 0 unspecified atom stereocenters. The molecule has 9 rings (SSSR count). The summed E-state index contributed by atoms with van der Waals surface area (Å²) in [7, 11) is 0. The summed E-state index contributed by atoms with van der Waals surface area (Å²) in [5.41, 5.74) is 7.55. The predicted molar refractivity (Wildman–Crippen MR) is 243 cm³/mol. The number of benzene rings is 5. The van der Waals surface area contributed by atoms with Gasteiger partial charge < -0.3 is 14.4 Å². The zero-order valence-electron chi connectivity index (χ0n) is 43.2. The van der Waals surface area contributed by atoms with Crippen molar-refractivity contribution in [1.82, 2.24) is 9.97 Å². The van der Waals surface area contributed by atoms with Gasteiger partial charge in [-0.05, 0) is 131 Å². The first-order valence-corrected chi connectivity index (χ1v) is 20.0. The van der Waals surface area contributed by atoms with Crippen LogP contribution in [0.1, 0.15) is 101 Å². The molecule has 1 aliphatic carbocycles. The van der Waals surface area contributed by atoms with Crippen LogP contribution in [0.15, 0.2) is 138 Å². The van der Waals surface area contributed by atoms with E-state index in [1.165, 1.54) is 6.20 Å². The summed E-state index contributed by atoms with van der Waals surface area (Å²) in [5, 5.41) is 1.79. The number of pyridine rings is 2. The minimum absolute atomic E-state index is 0. The molecule has 1 fully saturated rings. The van der Waals surface area contributed by atoms with Crippen molar-refractivity contribution < 1.29 is 36.9 Å². The van der Waals surface area contributed by atoms with Crippen LogP contribution in [0, 0.1) is 36.7 Å². The van der Waals surface area contributed by atoms with Crippen molar-refractivity contribution in [3.63, 3.8) is 0 Å². The van der Waals surface area contributed by atoms with Gasteiger partial charge >= 0.3 is 0 Å². The molecule has 1 radical (unpaired) electrons. The predicted octanol–water partition coefficient (Wildman–Crippen LogP) is 15.2. The first-order valence-electron chi connectivity index (χ1n) is 24.5. The van der Waals surface area contributed by atoms with Crippen LogP contribution >= 0.6 is 0 Å². The summed E-state index contributed by atoms with van der Waals surface area (Å²) < 4.78 is 82.5. The molecule has 301 valence electrons. The molecule has 59 heavy (non-hydrogen) atoms. The second-order valence-electron chi connectivity index (χ2n) is 17.0. The van der Waals surface area contributed by atoms with Gasteiger partial charge in [-0.15, -0.1) is 54.1 Å². The number of hydrogen-bond acceptors (Lipinski definition) is 3. The van der Waals surface area contributed by atoms with E-state index in [2.05, 4.69) is 54.1 Å². The van der Waals surface area contributed by atoms with Gasteiger partial charge in [-0.2, -0.15) is 0 Å². The molecule has 0 amide bonds. The average Bonchev–Trinajstić information content (AvgIpc) is 3.68. The van der Waals surface area contributed by atoms with Crippen LogP contribution in [0.3, 0.4) is 0 Å². The van der Waals surface area contributed by atoms with E-state index < -0.39 is 31.4 Å². The third-order valence-electron chi connectivity index (χ3n) is 10.9. The van der Waals surface area contributed by atoms with E-state index in [1.807, 2.05) is 93.6 Å². The third kappa shape index (κ3) is 9.67. The molecular weight excluding hydrogens is 897 g/mol. The fourth-order valence-corrected chi connectivity index (χ4v) is 7.69. The molecular formula is C55H54IrN2O-2. The van der Waals surface area contributed by atoms with Crippen LogP contribution in [0.5, 0.6) is 0 Å². The molecule has 3 aromatic heterocycles. The van der Waals surface area contributed by atoms with Crippen molar-refractivity contribution in [1.29, 1.82) is 0 Å². The van der Waals surface area contributed by atoms with Gasteiger partial charge in [-0.1, -0.05) is 118 Å². The first kappa shape index (κ1) is 31.7. The Bertz CT molecular complexity index is 3040. The molecule has 0 bridgehead atoms. The van der Waals surface area contributed by atoms with Gasteiger partial charge in [0.05, 0.1) is 5.58 Å². The maximum atomic E-state index is 9.29. The molecule has 0 atom stereocenters. The van der Waals surface area contributed by atoms with Crippen LogP contribution < -0.4 is 0 Å². The van der Waals surface area contributed by atoms with Crippen molar-refractivity contribution in [2.24, 2.45) is 10.8 Å². The molecule has 3 heterocycles. The normalized spacial score (nSPS) is 17.5. The zero-order valence-corrected chi connectivity index (χ0v) is 36.6. The Morgan fingerprint density at radius 1 is 0.746 bits per heavy atom. The molecule has 0 spiro atoms. The summed E-state index contributed by atoms with van der Waals surface area (Å²) in [5.74, 6) is -0.906. The number of fused-ring (bicyclic) bond motifs is 3. The quantitative estimate of drug-likeness (QED) is 0.156. The van der Waals surface area contributed by atoms with E-state index in [4.69, 9.17) is 15.4 Å². The van der Waals surface area contributed by atoms with E-state index in [0.717, 1.165) is 46.0 Å². The standard InChI is InChI=1S/C39H36NO.C16H18N.Ir/c1-25-21-29(28-17-19-39(3,4)20-18-28)13-15-31(25)34-23-36(40-24-26(34)2)33-12-8-11-32-35-22-30(27-9-6-5-7-10-27)14-16-37(35)41-38(32)33;1-16(2,3)11-13-9-10-15(17-12-13)14-7-5-4-6-8-14;/h5-11,13-16,21-24,28H,17-20H2,1-4H3;4-7,9-10,12H,11H2,1-3H3;/q2*-1;/i1D3,2D3,28D;11D2;. The monoisotopic (exact) mass is 960 g/mol. The molecule has 0 saturated heterocycles. The summed E-state index contributed by atoms with van der Waals surface area (Å²) in [6.07, 6.45) is 4.53. The minimum atomic E-state index is -2.56. The fourth-order valence-electron chi connectivity index (χ4n) is 7.69. The van der Waals surface area contributed by atoms with E-state index >= 15 is 0 Å². The van der Waals surface area contributed by atoms with E-state index in [9.17, 15) is 1.37 Å². The smallest absolute Gasteiger partial charge is 0.120 e. The molecule has 1 aliphatic rings. The Morgan fingerprint density at radius 2 is 1.53 bits per heavy atom. The minimum Gasteiger partial charge on any atom is -0.501 e. The fraction of sp³-hybridized carbons (Fsp3) is 0.273. The van der Waals surface area contributed by atoms with Gasteiger partial charge in [0, 0.05) is 50.2 Å². The van der Waals surface area contributed by atoms with Gasteiger partial charge in [-0.3, -0.25) is 0 Å². The Labute approximate surface area is 377 Å². The van der Waals surface area contributed by atoms with Gasteiger partial charge in [0.2, 0.25) is 0 Å². The molecule has 4 heteroatoms. The SMILES string of the molecule is [2H]C([2H])([2H])c1cnc(-c2[c-]ccc3c2oc2ccc(-c4ccccc4)cc23)cc1-c1ccc(C2([2H])CCC(C)(C)CC2)cc1C([2H])([2H])[2H].[2H]C([2H])(c1ccc(-c2[c-]cccc2)nc1)C(C)(C)C.[Ir]. The third-order valence-corrected chi connectivity index (χ3v) is 10.9. The van der Waals surface area contributed by atoms with Crippen LogP contribution in [-0.2, 0) is 26.5 Å². The molecule has 1 saturated carbocycles. The van der Waals surface area contributed by atoms with Crippen LogP contribution in [-0.4, -0.2) is 9.97 Å².